The van der Waals surface area contributed by atoms with Crippen LogP contribution in [0.15, 0.2) is 88.3 Å². The van der Waals surface area contributed by atoms with E-state index in [1.54, 1.807) is 24.3 Å². The number of rotatable bonds is 6. The second-order valence-electron chi connectivity index (χ2n) is 6.92. The molecule has 0 unspecified atom stereocenters. The lowest BCUT2D eigenvalue weighted by Gasteiger charge is -2.04. The summed E-state index contributed by atoms with van der Waals surface area (Å²) in [7, 11) is 1.49. The van der Waals surface area contributed by atoms with Crippen LogP contribution in [0.3, 0.4) is 0 Å². The molecule has 2 heterocycles. The molecule has 0 fully saturated rings. The van der Waals surface area contributed by atoms with Gasteiger partial charge >= 0.3 is 5.63 Å². The fraction of sp³-hybridized carbons (Fsp3) is 0.0800. The highest BCUT2D eigenvalue weighted by Crippen LogP contribution is 2.24. The molecule has 0 aliphatic carbocycles. The summed E-state index contributed by atoms with van der Waals surface area (Å²) in [6.45, 7) is 0.643. The molecule has 0 saturated heterocycles. The van der Waals surface area contributed by atoms with Gasteiger partial charge in [-0.25, -0.2) is 9.36 Å². The summed E-state index contributed by atoms with van der Waals surface area (Å²) in [5, 5.41) is 1.34. The van der Waals surface area contributed by atoms with Gasteiger partial charge in [0.15, 0.2) is 36.1 Å². The van der Waals surface area contributed by atoms with Crippen molar-refractivity contribution in [3.63, 3.8) is 0 Å². The molecule has 31 heavy (non-hydrogen) atoms. The third kappa shape index (κ3) is 4.57. The molecule has 154 valence electrons. The largest absolute Gasteiger partial charge is 0.493 e. The average molecular weight is 433 g/mol. The van der Waals surface area contributed by atoms with Gasteiger partial charge in [-0.2, -0.15) is 0 Å². The number of ether oxygens (including phenoxy) is 1. The van der Waals surface area contributed by atoms with Crippen molar-refractivity contribution >= 4 is 34.4 Å². The van der Waals surface area contributed by atoms with Crippen LogP contribution in [0.1, 0.15) is 21.5 Å². The highest BCUT2D eigenvalue weighted by molar-refractivity contribution is 6.31. The molecule has 4 rings (SSSR count). The van der Waals surface area contributed by atoms with E-state index in [1.807, 2.05) is 53.4 Å². The van der Waals surface area contributed by atoms with Crippen LogP contribution in [-0.2, 0) is 6.54 Å². The third-order valence-electron chi connectivity index (χ3n) is 4.86. The van der Waals surface area contributed by atoms with E-state index >= 15 is 0 Å². The maximum absolute atomic E-state index is 12.6. The molecular formula is C25H19ClNO4+. The Bertz CT molecular complexity index is 1340. The topological polar surface area (TPSA) is 60.4 Å². The van der Waals surface area contributed by atoms with Crippen LogP contribution in [0.25, 0.3) is 17.0 Å². The van der Waals surface area contributed by atoms with Crippen LogP contribution >= 0.6 is 11.6 Å². The van der Waals surface area contributed by atoms with Crippen LogP contribution in [0.5, 0.6) is 5.75 Å². The molecule has 0 saturated carbocycles. The van der Waals surface area contributed by atoms with Crippen molar-refractivity contribution in [1.29, 1.82) is 0 Å². The molecule has 0 aliphatic rings. The van der Waals surface area contributed by atoms with Crippen molar-refractivity contribution in [2.75, 3.05) is 7.11 Å². The summed E-state index contributed by atoms with van der Waals surface area (Å²) >= 11 is 6.21. The quantitative estimate of drug-likeness (QED) is 0.192. The summed E-state index contributed by atoms with van der Waals surface area (Å²) in [5.41, 5.74) is 1.45. The number of pyridine rings is 1. The lowest BCUT2D eigenvalue weighted by molar-refractivity contribution is -0.688. The monoisotopic (exact) mass is 432 g/mol. The number of halogens is 1. The number of carbonyl (C=O) groups is 1. The van der Waals surface area contributed by atoms with Gasteiger partial charge < -0.3 is 9.15 Å². The second-order valence-corrected chi connectivity index (χ2v) is 7.33. The molecule has 0 aliphatic heterocycles. The maximum Gasteiger partial charge on any atom is 0.347 e. The Balaban J connectivity index is 1.52. The molecule has 2 aromatic carbocycles. The minimum atomic E-state index is -0.697. The molecule has 4 aromatic rings. The Morgan fingerprint density at radius 1 is 1.10 bits per heavy atom. The number of hydrogen-bond donors (Lipinski definition) is 0. The number of benzene rings is 2. The van der Waals surface area contributed by atoms with Crippen molar-refractivity contribution in [3.05, 3.63) is 111 Å². The van der Waals surface area contributed by atoms with Gasteiger partial charge in [-0.1, -0.05) is 48.0 Å². The molecule has 0 amide bonds. The van der Waals surface area contributed by atoms with Gasteiger partial charge in [-0.3, -0.25) is 4.79 Å². The molecule has 2 aromatic heterocycles. The Kier molecular flexibility index (Phi) is 5.96. The van der Waals surface area contributed by atoms with E-state index in [1.165, 1.54) is 19.3 Å². The SMILES string of the molecule is COc1cccc2cc(C(=O)/C=C/c3cc[n+](Cc4ccccc4Cl)cc3)c(=O)oc12. The first-order chi connectivity index (χ1) is 15.0. The standard InChI is InChI=1S/C25H19ClNO4/c1-30-23-8-4-6-18-15-20(25(29)31-24(18)23)22(28)10-9-17-11-13-27(14-12-17)16-19-5-2-3-7-21(19)26/h2-15H,16H2,1H3/q+1/b10-9+. The van der Waals surface area contributed by atoms with E-state index < -0.39 is 11.4 Å². The lowest BCUT2D eigenvalue weighted by atomic mass is 10.1. The van der Waals surface area contributed by atoms with E-state index in [4.69, 9.17) is 20.8 Å². The van der Waals surface area contributed by atoms with E-state index in [2.05, 4.69) is 0 Å². The highest BCUT2D eigenvalue weighted by Gasteiger charge is 2.13. The van der Waals surface area contributed by atoms with Crippen LogP contribution < -0.4 is 14.9 Å². The minimum absolute atomic E-state index is 0.0262. The molecule has 0 radical (unpaired) electrons. The summed E-state index contributed by atoms with van der Waals surface area (Å²) in [6.07, 6.45) is 6.84. The Hall–Kier alpha value is -3.70. The van der Waals surface area contributed by atoms with E-state index in [9.17, 15) is 9.59 Å². The fourth-order valence-corrected chi connectivity index (χ4v) is 3.42. The van der Waals surface area contributed by atoms with Crippen LogP contribution in [0, 0.1) is 0 Å². The fourth-order valence-electron chi connectivity index (χ4n) is 3.22. The van der Waals surface area contributed by atoms with Crippen molar-refractivity contribution in [2.45, 2.75) is 6.54 Å². The number of para-hydroxylation sites is 1. The number of carbonyl (C=O) groups excluding carboxylic acids is 1. The van der Waals surface area contributed by atoms with Gasteiger partial charge in [0.1, 0.15) is 5.56 Å². The van der Waals surface area contributed by atoms with Crippen molar-refractivity contribution < 1.29 is 18.5 Å². The first-order valence-electron chi connectivity index (χ1n) is 9.61. The van der Waals surface area contributed by atoms with Gasteiger partial charge in [0.2, 0.25) is 0 Å². The van der Waals surface area contributed by atoms with Crippen molar-refractivity contribution in [2.24, 2.45) is 0 Å². The Morgan fingerprint density at radius 3 is 2.61 bits per heavy atom. The predicted octanol–water partition coefficient (Wildman–Crippen LogP) is 4.69. The molecule has 0 N–H and O–H groups in total. The van der Waals surface area contributed by atoms with Crippen LogP contribution in [0.2, 0.25) is 5.02 Å². The van der Waals surface area contributed by atoms with Crippen LogP contribution in [0.4, 0.5) is 0 Å². The number of hydrogen-bond acceptors (Lipinski definition) is 4. The van der Waals surface area contributed by atoms with Gasteiger partial charge in [0.05, 0.1) is 12.1 Å². The molecule has 6 heteroatoms. The zero-order valence-electron chi connectivity index (χ0n) is 16.7. The normalized spacial score (nSPS) is 11.2. The summed E-state index contributed by atoms with van der Waals surface area (Å²) in [5.74, 6) is 0.0183. The maximum atomic E-state index is 12.6. The van der Waals surface area contributed by atoms with Gasteiger partial charge in [-0.15, -0.1) is 0 Å². The summed E-state index contributed by atoms with van der Waals surface area (Å²) in [4.78, 5) is 24.9. The summed E-state index contributed by atoms with van der Waals surface area (Å²) < 4.78 is 12.5. The van der Waals surface area contributed by atoms with Crippen LogP contribution in [-0.4, -0.2) is 12.9 Å². The number of fused-ring (bicyclic) bond motifs is 1. The van der Waals surface area contributed by atoms with E-state index in [0.29, 0.717) is 23.3 Å². The molecular weight excluding hydrogens is 414 g/mol. The second kappa shape index (κ2) is 8.98. The molecule has 0 atom stereocenters. The predicted molar refractivity (Wildman–Crippen MR) is 120 cm³/mol. The van der Waals surface area contributed by atoms with Crippen molar-refractivity contribution in [3.8, 4) is 5.75 Å². The Morgan fingerprint density at radius 2 is 1.87 bits per heavy atom. The highest BCUT2D eigenvalue weighted by atomic mass is 35.5. The van der Waals surface area contributed by atoms with E-state index in [-0.39, 0.29) is 5.56 Å². The lowest BCUT2D eigenvalue weighted by Crippen LogP contribution is -2.33. The van der Waals surface area contributed by atoms with Crippen molar-refractivity contribution in [1.82, 2.24) is 0 Å². The zero-order valence-corrected chi connectivity index (χ0v) is 17.5. The molecule has 5 nitrogen and oxygen atoms in total. The number of ketones is 1. The number of methoxy groups -OCH3 is 1. The summed E-state index contributed by atoms with van der Waals surface area (Å²) in [6, 6.07) is 18.2. The van der Waals surface area contributed by atoms with Gasteiger partial charge in [-0.05, 0) is 29.8 Å². The average Bonchev–Trinajstić information content (AvgIpc) is 2.79. The molecule has 0 spiro atoms. The van der Waals surface area contributed by atoms with E-state index in [0.717, 1.165) is 16.1 Å². The minimum Gasteiger partial charge on any atom is -0.493 e. The zero-order chi connectivity index (χ0) is 21.8. The van der Waals surface area contributed by atoms with Gasteiger partial charge in [0, 0.05) is 23.1 Å². The smallest absolute Gasteiger partial charge is 0.347 e. The molecule has 0 bridgehead atoms. The number of allylic oxidation sites excluding steroid dienone is 1. The number of nitrogens with zero attached hydrogens (tertiary/aromatic N) is 1. The number of aromatic nitrogens is 1. The first kappa shape index (κ1) is 20.6. The first-order valence-corrected chi connectivity index (χ1v) is 9.99. The van der Waals surface area contributed by atoms with Gasteiger partial charge in [0.25, 0.3) is 0 Å². The third-order valence-corrected chi connectivity index (χ3v) is 5.23. The Labute approximate surface area is 183 Å².